The molecular weight excluding hydrogens is 234 g/mol. The summed E-state index contributed by atoms with van der Waals surface area (Å²) in [5.41, 5.74) is 2.17. The van der Waals surface area contributed by atoms with E-state index in [0.717, 1.165) is 37.1 Å². The molecule has 0 saturated heterocycles. The van der Waals surface area contributed by atoms with E-state index in [1.807, 2.05) is 4.57 Å². The second-order valence-electron chi connectivity index (χ2n) is 4.59. The summed E-state index contributed by atoms with van der Waals surface area (Å²) in [5.74, 6) is -1.36. The van der Waals surface area contributed by atoms with Gasteiger partial charge in [-0.2, -0.15) is 0 Å². The highest BCUT2D eigenvalue weighted by molar-refractivity contribution is 5.81. The number of fused-ring (bicyclic) bond motifs is 1. The average Bonchev–Trinajstić information content (AvgIpc) is 2.71. The number of carboxylic acids is 1. The molecule has 0 bridgehead atoms. The monoisotopic (exact) mass is 251 g/mol. The van der Waals surface area contributed by atoms with Crippen molar-refractivity contribution in [1.82, 2.24) is 14.9 Å². The number of aromatic nitrogens is 2. The first kappa shape index (κ1) is 12.6. The number of nitrogens with one attached hydrogen (secondary N) is 1. The van der Waals surface area contributed by atoms with Gasteiger partial charge in [-0.15, -0.1) is 0 Å². The van der Waals surface area contributed by atoms with E-state index in [4.69, 9.17) is 5.11 Å². The number of carbonyl (C=O) groups is 2. The van der Waals surface area contributed by atoms with E-state index in [9.17, 15) is 9.59 Å². The first-order chi connectivity index (χ1) is 8.58. The van der Waals surface area contributed by atoms with Crippen LogP contribution in [0, 0.1) is 0 Å². The number of carbonyl (C=O) groups excluding carboxylic acids is 1. The number of hydrogen-bond acceptors (Lipinski definition) is 3. The fourth-order valence-corrected chi connectivity index (χ4v) is 2.32. The normalized spacial score (nSPS) is 15.8. The minimum Gasteiger partial charge on any atom is -0.480 e. The Balaban J connectivity index is 2.13. The maximum absolute atomic E-state index is 11.1. The summed E-state index contributed by atoms with van der Waals surface area (Å²) in [6.07, 6.45) is 5.81. The van der Waals surface area contributed by atoms with Gasteiger partial charge in [-0.05, 0) is 25.7 Å². The lowest BCUT2D eigenvalue weighted by Crippen LogP contribution is -2.42. The van der Waals surface area contributed by atoms with Crippen LogP contribution in [0.15, 0.2) is 6.33 Å². The van der Waals surface area contributed by atoms with Crippen LogP contribution in [0.2, 0.25) is 0 Å². The lowest BCUT2D eigenvalue weighted by molar-refractivity contribution is -0.141. The third-order valence-electron chi connectivity index (χ3n) is 3.16. The van der Waals surface area contributed by atoms with Gasteiger partial charge in [0.1, 0.15) is 6.04 Å². The Hall–Kier alpha value is -1.85. The fourth-order valence-electron chi connectivity index (χ4n) is 2.32. The number of aryl methyl sites for hydroxylation is 1. The molecule has 1 heterocycles. The topological polar surface area (TPSA) is 84.2 Å². The number of amides is 1. The Morgan fingerprint density at radius 1 is 1.50 bits per heavy atom. The molecule has 0 spiro atoms. The van der Waals surface area contributed by atoms with E-state index in [1.54, 1.807) is 6.33 Å². The van der Waals surface area contributed by atoms with Gasteiger partial charge in [-0.1, -0.05) is 0 Å². The zero-order valence-corrected chi connectivity index (χ0v) is 10.3. The third kappa shape index (κ3) is 2.69. The first-order valence-electron chi connectivity index (χ1n) is 6.10. The van der Waals surface area contributed by atoms with E-state index < -0.39 is 12.0 Å². The molecule has 0 aliphatic heterocycles. The number of nitrogens with zero attached hydrogens (tertiary/aromatic N) is 2. The van der Waals surface area contributed by atoms with Crippen LogP contribution in [-0.4, -0.2) is 32.6 Å². The molecular formula is C12H17N3O3. The Morgan fingerprint density at radius 2 is 2.22 bits per heavy atom. The number of carboxylic acid groups (broad SMARTS) is 1. The summed E-state index contributed by atoms with van der Waals surface area (Å²) in [7, 11) is 0. The Morgan fingerprint density at radius 3 is 2.89 bits per heavy atom. The van der Waals surface area contributed by atoms with Crippen LogP contribution < -0.4 is 5.32 Å². The van der Waals surface area contributed by atoms with Crippen molar-refractivity contribution >= 4 is 11.9 Å². The lowest BCUT2D eigenvalue weighted by Gasteiger charge is -2.18. The molecule has 1 amide bonds. The van der Waals surface area contributed by atoms with Crippen molar-refractivity contribution in [2.75, 3.05) is 0 Å². The quantitative estimate of drug-likeness (QED) is 0.808. The molecule has 18 heavy (non-hydrogen) atoms. The maximum atomic E-state index is 11.1. The van der Waals surface area contributed by atoms with Crippen molar-refractivity contribution in [3.8, 4) is 0 Å². The number of imidazole rings is 1. The highest BCUT2D eigenvalue weighted by Crippen LogP contribution is 2.19. The molecule has 0 radical (unpaired) electrons. The summed E-state index contributed by atoms with van der Waals surface area (Å²) in [5, 5.41) is 11.5. The molecule has 1 aromatic heterocycles. The van der Waals surface area contributed by atoms with Crippen LogP contribution in [0.5, 0.6) is 0 Å². The summed E-state index contributed by atoms with van der Waals surface area (Å²) < 4.78 is 1.85. The standard InChI is InChI=1S/C12H17N3O3/c1-8(16)14-10(12(17)18)6-15-7-13-9-4-2-3-5-11(9)15/h7,10H,2-6H2,1H3,(H,14,16)(H,17,18). The molecule has 0 saturated carbocycles. The van der Waals surface area contributed by atoms with Crippen LogP contribution >= 0.6 is 0 Å². The van der Waals surface area contributed by atoms with E-state index in [-0.39, 0.29) is 12.5 Å². The second kappa shape index (κ2) is 5.20. The molecule has 1 aromatic rings. The van der Waals surface area contributed by atoms with Gasteiger partial charge in [0.05, 0.1) is 18.6 Å². The van der Waals surface area contributed by atoms with Crippen LogP contribution in [-0.2, 0) is 29.0 Å². The summed E-state index contributed by atoms with van der Waals surface area (Å²) in [4.78, 5) is 26.4. The highest BCUT2D eigenvalue weighted by atomic mass is 16.4. The highest BCUT2D eigenvalue weighted by Gasteiger charge is 2.22. The molecule has 0 fully saturated rings. The molecule has 2 N–H and O–H groups in total. The smallest absolute Gasteiger partial charge is 0.328 e. The Bertz CT molecular complexity index is 467. The number of hydrogen-bond donors (Lipinski definition) is 2. The largest absolute Gasteiger partial charge is 0.480 e. The third-order valence-corrected chi connectivity index (χ3v) is 3.16. The van der Waals surface area contributed by atoms with Crippen molar-refractivity contribution in [2.24, 2.45) is 0 Å². The van der Waals surface area contributed by atoms with Gasteiger partial charge in [-0.25, -0.2) is 9.78 Å². The van der Waals surface area contributed by atoms with Crippen LogP contribution in [0.4, 0.5) is 0 Å². The number of aliphatic carboxylic acids is 1. The van der Waals surface area contributed by atoms with E-state index in [1.165, 1.54) is 6.92 Å². The van der Waals surface area contributed by atoms with E-state index in [0.29, 0.717) is 0 Å². The maximum Gasteiger partial charge on any atom is 0.328 e. The van der Waals surface area contributed by atoms with Crippen LogP contribution in [0.1, 0.15) is 31.2 Å². The predicted molar refractivity (Wildman–Crippen MR) is 64.1 cm³/mol. The van der Waals surface area contributed by atoms with Crippen LogP contribution in [0.25, 0.3) is 0 Å². The molecule has 0 aromatic carbocycles. The van der Waals surface area contributed by atoms with Gasteiger partial charge in [0.25, 0.3) is 0 Å². The first-order valence-corrected chi connectivity index (χ1v) is 6.10. The fraction of sp³-hybridized carbons (Fsp3) is 0.583. The molecule has 98 valence electrons. The SMILES string of the molecule is CC(=O)NC(Cn1cnc2c1CCCC2)C(=O)O. The van der Waals surface area contributed by atoms with Gasteiger partial charge in [0, 0.05) is 12.6 Å². The van der Waals surface area contributed by atoms with Crippen molar-refractivity contribution in [3.63, 3.8) is 0 Å². The molecule has 6 heteroatoms. The molecule has 1 atom stereocenters. The second-order valence-corrected chi connectivity index (χ2v) is 4.59. The van der Waals surface area contributed by atoms with Gasteiger partial charge >= 0.3 is 5.97 Å². The minimum atomic E-state index is -1.02. The molecule has 1 aliphatic carbocycles. The molecule has 1 unspecified atom stereocenters. The zero-order chi connectivity index (χ0) is 13.1. The van der Waals surface area contributed by atoms with Crippen LogP contribution in [0.3, 0.4) is 0 Å². The Kier molecular flexibility index (Phi) is 3.64. The summed E-state index contributed by atoms with van der Waals surface area (Å²) in [6.45, 7) is 1.55. The van der Waals surface area contributed by atoms with Gasteiger partial charge in [-0.3, -0.25) is 4.79 Å². The number of rotatable bonds is 4. The Labute approximate surface area is 105 Å². The van der Waals surface area contributed by atoms with E-state index in [2.05, 4.69) is 10.3 Å². The van der Waals surface area contributed by atoms with Crippen molar-refractivity contribution in [3.05, 3.63) is 17.7 Å². The zero-order valence-electron chi connectivity index (χ0n) is 10.3. The van der Waals surface area contributed by atoms with Gasteiger partial charge in [0.2, 0.25) is 5.91 Å². The molecule has 1 aliphatic rings. The summed E-state index contributed by atoms with van der Waals surface area (Å²) >= 11 is 0. The molecule has 2 rings (SSSR count). The van der Waals surface area contributed by atoms with E-state index >= 15 is 0 Å². The molecule has 6 nitrogen and oxygen atoms in total. The van der Waals surface area contributed by atoms with Gasteiger partial charge < -0.3 is 15.0 Å². The van der Waals surface area contributed by atoms with Gasteiger partial charge in [0.15, 0.2) is 0 Å². The van der Waals surface area contributed by atoms with Crippen molar-refractivity contribution in [2.45, 2.75) is 45.2 Å². The predicted octanol–water partition coefficient (Wildman–Crippen LogP) is 0.351. The lowest BCUT2D eigenvalue weighted by atomic mass is 10.0. The van der Waals surface area contributed by atoms with Crippen molar-refractivity contribution in [1.29, 1.82) is 0 Å². The van der Waals surface area contributed by atoms with Crippen molar-refractivity contribution < 1.29 is 14.7 Å². The minimum absolute atomic E-state index is 0.233. The average molecular weight is 251 g/mol. The summed E-state index contributed by atoms with van der Waals surface area (Å²) in [6, 6.07) is -0.900.